The van der Waals surface area contributed by atoms with Crippen LogP contribution in [0.5, 0.6) is 5.75 Å². The number of benzene rings is 1. The Labute approximate surface area is 120 Å². The van der Waals surface area contributed by atoms with Gasteiger partial charge in [-0.2, -0.15) is 5.26 Å². The topological polar surface area (TPSA) is 65.4 Å². The quantitative estimate of drug-likeness (QED) is 0.728. The molecule has 0 unspecified atom stereocenters. The summed E-state index contributed by atoms with van der Waals surface area (Å²) >= 11 is 0. The summed E-state index contributed by atoms with van der Waals surface area (Å²) in [6, 6.07) is 9.17. The van der Waals surface area contributed by atoms with Crippen molar-refractivity contribution in [2.45, 2.75) is 13.3 Å². The first-order valence-corrected chi connectivity index (χ1v) is 6.74. The van der Waals surface area contributed by atoms with Gasteiger partial charge in [-0.1, -0.05) is 6.07 Å². The second-order valence-corrected chi connectivity index (χ2v) is 4.53. The molecule has 1 aromatic carbocycles. The third-order valence-electron chi connectivity index (χ3n) is 2.70. The number of nitrogens with one attached hydrogen (secondary N) is 1. The lowest BCUT2D eigenvalue weighted by Gasteiger charge is -2.16. The summed E-state index contributed by atoms with van der Waals surface area (Å²) in [6.07, 6.45) is 0.826. The first kappa shape index (κ1) is 16.0. The number of hydrogen-bond donors (Lipinski definition) is 1. The van der Waals surface area contributed by atoms with Gasteiger partial charge in [-0.3, -0.25) is 9.69 Å². The summed E-state index contributed by atoms with van der Waals surface area (Å²) in [5.74, 6) is 0.744. The van der Waals surface area contributed by atoms with Crippen molar-refractivity contribution in [3.8, 4) is 11.8 Å². The minimum absolute atomic E-state index is 0.0395. The van der Waals surface area contributed by atoms with E-state index in [0.29, 0.717) is 31.0 Å². The predicted molar refractivity (Wildman–Crippen MR) is 77.4 cm³/mol. The van der Waals surface area contributed by atoms with Crippen molar-refractivity contribution in [3.63, 3.8) is 0 Å². The Bertz CT molecular complexity index is 468. The van der Waals surface area contributed by atoms with Crippen LogP contribution in [-0.4, -0.2) is 44.1 Å². The van der Waals surface area contributed by atoms with Gasteiger partial charge in [0.05, 0.1) is 24.8 Å². The van der Waals surface area contributed by atoms with Gasteiger partial charge < -0.3 is 10.1 Å². The van der Waals surface area contributed by atoms with Gasteiger partial charge in [-0.15, -0.1) is 0 Å². The number of nitriles is 1. The molecule has 0 fully saturated rings. The molecule has 0 radical (unpaired) electrons. The molecule has 0 saturated heterocycles. The Balaban J connectivity index is 2.21. The zero-order valence-electron chi connectivity index (χ0n) is 12.1. The lowest BCUT2D eigenvalue weighted by molar-refractivity contribution is -0.121. The molecule has 1 aromatic rings. The fraction of sp³-hybridized carbons (Fsp3) is 0.467. The molecule has 0 aliphatic rings. The Morgan fingerprint density at radius 2 is 2.30 bits per heavy atom. The van der Waals surface area contributed by atoms with Crippen molar-refractivity contribution in [2.24, 2.45) is 0 Å². The number of likely N-dealkylation sites (N-methyl/N-ethyl adjacent to an activating group) is 2. The highest BCUT2D eigenvalue weighted by atomic mass is 16.5. The van der Waals surface area contributed by atoms with Crippen molar-refractivity contribution >= 4 is 5.91 Å². The normalized spacial score (nSPS) is 10.1. The van der Waals surface area contributed by atoms with Crippen molar-refractivity contribution in [3.05, 3.63) is 29.8 Å². The van der Waals surface area contributed by atoms with Crippen LogP contribution in [0.2, 0.25) is 0 Å². The first-order valence-electron chi connectivity index (χ1n) is 6.74. The number of ether oxygens (including phenoxy) is 1. The maximum absolute atomic E-state index is 11.4. The molecule has 108 valence electrons. The Morgan fingerprint density at radius 1 is 1.50 bits per heavy atom. The van der Waals surface area contributed by atoms with Crippen molar-refractivity contribution in [1.82, 2.24) is 10.2 Å². The van der Waals surface area contributed by atoms with Crippen LogP contribution in [0, 0.1) is 11.3 Å². The molecule has 5 heteroatoms. The minimum Gasteiger partial charge on any atom is -0.494 e. The Kier molecular flexibility index (Phi) is 7.15. The molecule has 20 heavy (non-hydrogen) atoms. The van der Waals surface area contributed by atoms with Crippen LogP contribution in [0.4, 0.5) is 0 Å². The van der Waals surface area contributed by atoms with E-state index in [9.17, 15) is 4.79 Å². The highest BCUT2D eigenvalue weighted by molar-refractivity contribution is 5.77. The van der Waals surface area contributed by atoms with Gasteiger partial charge in [0.25, 0.3) is 0 Å². The van der Waals surface area contributed by atoms with E-state index in [1.807, 2.05) is 24.9 Å². The minimum atomic E-state index is 0.0395. The summed E-state index contributed by atoms with van der Waals surface area (Å²) in [5.41, 5.74) is 0.593. The molecular weight excluding hydrogens is 254 g/mol. The van der Waals surface area contributed by atoms with Crippen LogP contribution in [0.1, 0.15) is 18.9 Å². The average molecular weight is 275 g/mol. The smallest absolute Gasteiger partial charge is 0.234 e. The number of rotatable bonds is 8. The van der Waals surface area contributed by atoms with Gasteiger partial charge in [0, 0.05) is 13.1 Å². The SMILES string of the molecule is CCNC(=O)CN(C)CCCOc1cccc(C#N)c1. The number of nitrogens with zero attached hydrogens (tertiary/aromatic N) is 2. The van der Waals surface area contributed by atoms with E-state index < -0.39 is 0 Å². The molecule has 0 heterocycles. The van der Waals surface area contributed by atoms with E-state index in [2.05, 4.69) is 11.4 Å². The fourth-order valence-electron chi connectivity index (χ4n) is 1.76. The van der Waals surface area contributed by atoms with Gasteiger partial charge >= 0.3 is 0 Å². The Hall–Kier alpha value is -2.06. The predicted octanol–water partition coefficient (Wildman–Crippen LogP) is 1.40. The fourth-order valence-corrected chi connectivity index (χ4v) is 1.76. The second-order valence-electron chi connectivity index (χ2n) is 4.53. The number of carbonyl (C=O) groups excluding carboxylic acids is 1. The van der Waals surface area contributed by atoms with E-state index in [-0.39, 0.29) is 5.91 Å². The van der Waals surface area contributed by atoms with Crippen LogP contribution < -0.4 is 10.1 Å². The number of carbonyl (C=O) groups is 1. The van der Waals surface area contributed by atoms with E-state index in [0.717, 1.165) is 13.0 Å². The molecule has 1 rings (SSSR count). The first-order chi connectivity index (χ1) is 9.65. The number of amides is 1. The summed E-state index contributed by atoms with van der Waals surface area (Å²) < 4.78 is 5.57. The molecule has 0 spiro atoms. The van der Waals surface area contributed by atoms with Crippen LogP contribution in [0.3, 0.4) is 0 Å². The van der Waals surface area contributed by atoms with Crippen LogP contribution >= 0.6 is 0 Å². The molecule has 1 amide bonds. The average Bonchev–Trinajstić information content (AvgIpc) is 2.44. The standard InChI is InChI=1S/C15H21N3O2/c1-3-17-15(19)12-18(2)8-5-9-20-14-7-4-6-13(10-14)11-16/h4,6-7,10H,3,5,8-9,12H2,1-2H3,(H,17,19). The third kappa shape index (κ3) is 6.21. The summed E-state index contributed by atoms with van der Waals surface area (Å²) in [4.78, 5) is 13.3. The molecule has 5 nitrogen and oxygen atoms in total. The monoisotopic (exact) mass is 275 g/mol. The highest BCUT2D eigenvalue weighted by Gasteiger charge is 2.04. The van der Waals surface area contributed by atoms with Crippen LogP contribution in [-0.2, 0) is 4.79 Å². The zero-order chi connectivity index (χ0) is 14.8. The van der Waals surface area contributed by atoms with Gasteiger partial charge in [0.2, 0.25) is 5.91 Å². The molecular formula is C15H21N3O2. The van der Waals surface area contributed by atoms with Crippen molar-refractivity contribution in [2.75, 3.05) is 33.3 Å². The van der Waals surface area contributed by atoms with Gasteiger partial charge in [0.1, 0.15) is 5.75 Å². The molecule has 0 aliphatic heterocycles. The van der Waals surface area contributed by atoms with Gasteiger partial charge in [0.15, 0.2) is 0 Å². The van der Waals surface area contributed by atoms with E-state index in [1.54, 1.807) is 18.2 Å². The summed E-state index contributed by atoms with van der Waals surface area (Å²) in [6.45, 7) is 4.31. The molecule has 0 atom stereocenters. The largest absolute Gasteiger partial charge is 0.494 e. The second kappa shape index (κ2) is 8.94. The highest BCUT2D eigenvalue weighted by Crippen LogP contribution is 2.12. The maximum atomic E-state index is 11.4. The van der Waals surface area contributed by atoms with Crippen LogP contribution in [0.25, 0.3) is 0 Å². The van der Waals surface area contributed by atoms with Gasteiger partial charge in [-0.25, -0.2) is 0 Å². The zero-order valence-corrected chi connectivity index (χ0v) is 12.1. The Morgan fingerprint density at radius 3 is 3.00 bits per heavy atom. The van der Waals surface area contributed by atoms with E-state index >= 15 is 0 Å². The molecule has 0 aliphatic carbocycles. The summed E-state index contributed by atoms with van der Waals surface area (Å²) in [7, 11) is 1.91. The van der Waals surface area contributed by atoms with E-state index in [1.165, 1.54) is 0 Å². The number of hydrogen-bond acceptors (Lipinski definition) is 4. The van der Waals surface area contributed by atoms with Gasteiger partial charge in [-0.05, 0) is 38.6 Å². The van der Waals surface area contributed by atoms with E-state index in [4.69, 9.17) is 10.00 Å². The molecule has 0 bridgehead atoms. The van der Waals surface area contributed by atoms with Crippen molar-refractivity contribution < 1.29 is 9.53 Å². The molecule has 0 aromatic heterocycles. The summed E-state index contributed by atoms with van der Waals surface area (Å²) in [5, 5.41) is 11.5. The lowest BCUT2D eigenvalue weighted by Crippen LogP contribution is -2.35. The van der Waals surface area contributed by atoms with Crippen LogP contribution in [0.15, 0.2) is 24.3 Å². The molecule has 1 N–H and O–H groups in total. The van der Waals surface area contributed by atoms with Crippen molar-refractivity contribution in [1.29, 1.82) is 5.26 Å². The maximum Gasteiger partial charge on any atom is 0.234 e. The third-order valence-corrected chi connectivity index (χ3v) is 2.70. The molecule has 0 saturated carbocycles. The lowest BCUT2D eigenvalue weighted by atomic mass is 10.2.